The van der Waals surface area contributed by atoms with Crippen LogP contribution in [0.1, 0.15) is 44.9 Å². The van der Waals surface area contributed by atoms with Crippen LogP contribution in [0.4, 0.5) is 0 Å². The van der Waals surface area contributed by atoms with Crippen LogP contribution >= 0.6 is 12.2 Å². The van der Waals surface area contributed by atoms with Crippen molar-refractivity contribution >= 4 is 23.1 Å². The van der Waals surface area contributed by atoms with Crippen molar-refractivity contribution in [2.45, 2.75) is 57.1 Å². The number of likely N-dealkylation sites (N-methyl/N-ethyl adjacent to an activating group) is 1. The molecule has 2 aliphatic carbocycles. The molecule has 0 saturated heterocycles. The molecule has 2 atom stereocenters. The minimum Gasteiger partial charge on any atom is -0.392 e. The summed E-state index contributed by atoms with van der Waals surface area (Å²) in [6.07, 6.45) is 5.88. The number of carbonyl (C=O) groups is 1. The van der Waals surface area contributed by atoms with Crippen molar-refractivity contribution in [1.29, 1.82) is 0 Å². The number of amides is 1. The number of rotatable bonds is 3. The van der Waals surface area contributed by atoms with E-state index in [9.17, 15) is 9.90 Å². The molecular formula is C13H22N2O2S. The van der Waals surface area contributed by atoms with E-state index in [4.69, 9.17) is 18.0 Å². The predicted molar refractivity (Wildman–Crippen MR) is 74.1 cm³/mol. The van der Waals surface area contributed by atoms with Gasteiger partial charge in [0.25, 0.3) is 0 Å². The fourth-order valence-electron chi connectivity index (χ4n) is 3.13. The lowest BCUT2D eigenvalue weighted by Crippen LogP contribution is -2.57. The minimum atomic E-state index is -0.624. The molecule has 5 heteroatoms. The zero-order valence-electron chi connectivity index (χ0n) is 10.9. The van der Waals surface area contributed by atoms with E-state index in [0.717, 1.165) is 44.9 Å². The molecule has 0 radical (unpaired) electrons. The van der Waals surface area contributed by atoms with Crippen LogP contribution in [0.15, 0.2) is 0 Å². The third kappa shape index (κ3) is 2.14. The number of nitrogens with zero attached hydrogens (tertiary/aromatic N) is 1. The van der Waals surface area contributed by atoms with Gasteiger partial charge in [-0.1, -0.05) is 31.5 Å². The Morgan fingerprint density at radius 2 is 1.94 bits per heavy atom. The zero-order chi connectivity index (χ0) is 13.3. The smallest absolute Gasteiger partial charge is 0.235 e. The molecule has 0 heterocycles. The molecule has 0 bridgehead atoms. The topological polar surface area (TPSA) is 66.6 Å². The Bertz CT molecular complexity index is 355. The van der Waals surface area contributed by atoms with Gasteiger partial charge < -0.3 is 15.7 Å². The van der Waals surface area contributed by atoms with Crippen LogP contribution < -0.4 is 5.73 Å². The Morgan fingerprint density at radius 1 is 1.33 bits per heavy atom. The maximum Gasteiger partial charge on any atom is 0.235 e. The molecule has 102 valence electrons. The number of aliphatic hydroxyl groups is 1. The molecule has 2 fully saturated rings. The number of carbonyl (C=O) groups excluding carboxylic acids is 1. The lowest BCUT2D eigenvalue weighted by Gasteiger charge is -2.45. The van der Waals surface area contributed by atoms with Crippen LogP contribution in [0.3, 0.4) is 0 Å². The molecule has 4 nitrogen and oxygen atoms in total. The molecule has 2 unspecified atom stereocenters. The van der Waals surface area contributed by atoms with Gasteiger partial charge in [0.05, 0.1) is 22.5 Å². The molecule has 0 aromatic heterocycles. The highest BCUT2D eigenvalue weighted by Crippen LogP contribution is 2.43. The van der Waals surface area contributed by atoms with Gasteiger partial charge in [-0.3, -0.25) is 4.79 Å². The number of aliphatic hydroxyl groups excluding tert-OH is 1. The standard InChI is InChI=1S/C13H22N2O2S/c1-15(9-5-2-3-6-10(9)16)12(17)13(11(14)18)7-4-8-13/h9-10,16H,2-8H2,1H3,(H2,14,18). The Morgan fingerprint density at radius 3 is 2.39 bits per heavy atom. The summed E-state index contributed by atoms with van der Waals surface area (Å²) in [6.45, 7) is 0. The van der Waals surface area contributed by atoms with E-state index >= 15 is 0 Å². The van der Waals surface area contributed by atoms with Crippen LogP contribution in [0.2, 0.25) is 0 Å². The van der Waals surface area contributed by atoms with Crippen molar-refractivity contribution < 1.29 is 9.90 Å². The van der Waals surface area contributed by atoms with Crippen LogP contribution in [-0.2, 0) is 4.79 Å². The van der Waals surface area contributed by atoms with Crippen LogP contribution in [-0.4, -0.2) is 40.1 Å². The van der Waals surface area contributed by atoms with Crippen molar-refractivity contribution in [1.82, 2.24) is 4.90 Å². The largest absolute Gasteiger partial charge is 0.392 e. The average molecular weight is 270 g/mol. The van der Waals surface area contributed by atoms with Crippen LogP contribution in [0.25, 0.3) is 0 Å². The Balaban J connectivity index is 2.10. The molecule has 18 heavy (non-hydrogen) atoms. The quantitative estimate of drug-likeness (QED) is 0.756. The maximum atomic E-state index is 12.6. The molecule has 3 N–H and O–H groups in total. The van der Waals surface area contributed by atoms with E-state index in [1.54, 1.807) is 11.9 Å². The third-order valence-electron chi connectivity index (χ3n) is 4.60. The summed E-state index contributed by atoms with van der Waals surface area (Å²) in [5.41, 5.74) is 5.13. The summed E-state index contributed by atoms with van der Waals surface area (Å²) in [5.74, 6) is 0.00667. The maximum absolute atomic E-state index is 12.6. The number of nitrogens with two attached hydrogens (primary N) is 1. The van der Waals surface area contributed by atoms with Gasteiger partial charge in [0.15, 0.2) is 0 Å². The highest BCUT2D eigenvalue weighted by Gasteiger charge is 2.49. The van der Waals surface area contributed by atoms with E-state index in [0.29, 0.717) is 4.99 Å². The third-order valence-corrected chi connectivity index (χ3v) is 4.99. The molecule has 2 aliphatic rings. The van der Waals surface area contributed by atoms with Gasteiger partial charge in [-0.25, -0.2) is 0 Å². The highest BCUT2D eigenvalue weighted by atomic mass is 32.1. The predicted octanol–water partition coefficient (Wildman–Crippen LogP) is 1.20. The number of hydrogen-bond donors (Lipinski definition) is 2. The molecule has 0 aromatic carbocycles. The van der Waals surface area contributed by atoms with Gasteiger partial charge in [-0.2, -0.15) is 0 Å². The zero-order valence-corrected chi connectivity index (χ0v) is 11.7. The molecule has 0 aromatic rings. The monoisotopic (exact) mass is 270 g/mol. The second-order valence-corrected chi connectivity index (χ2v) is 6.07. The van der Waals surface area contributed by atoms with Gasteiger partial charge in [0.1, 0.15) is 0 Å². The summed E-state index contributed by atoms with van der Waals surface area (Å²) < 4.78 is 0. The van der Waals surface area contributed by atoms with E-state index in [-0.39, 0.29) is 11.9 Å². The van der Waals surface area contributed by atoms with Crippen LogP contribution in [0.5, 0.6) is 0 Å². The van der Waals surface area contributed by atoms with Crippen molar-refractivity contribution in [2.75, 3.05) is 7.05 Å². The first-order valence-corrected chi connectivity index (χ1v) is 7.15. The Hall–Kier alpha value is -0.680. The van der Waals surface area contributed by atoms with Crippen molar-refractivity contribution in [2.24, 2.45) is 11.1 Å². The van der Waals surface area contributed by atoms with Crippen molar-refractivity contribution in [3.63, 3.8) is 0 Å². The minimum absolute atomic E-state index is 0.00667. The number of hydrogen-bond acceptors (Lipinski definition) is 3. The molecule has 1 amide bonds. The van der Waals surface area contributed by atoms with Crippen molar-refractivity contribution in [3.8, 4) is 0 Å². The molecule has 2 rings (SSSR count). The van der Waals surface area contributed by atoms with Gasteiger partial charge >= 0.3 is 0 Å². The summed E-state index contributed by atoms with van der Waals surface area (Å²) >= 11 is 5.07. The SMILES string of the molecule is CN(C(=O)C1(C(N)=S)CCC1)C1CCCCC1O. The fraction of sp³-hybridized carbons (Fsp3) is 0.846. The molecular weight excluding hydrogens is 248 g/mol. The number of thiocarbonyl (C=S) groups is 1. The normalized spacial score (nSPS) is 30.3. The Labute approximate surface area is 114 Å². The lowest BCUT2D eigenvalue weighted by atomic mass is 9.67. The molecule has 0 spiro atoms. The van der Waals surface area contributed by atoms with E-state index in [1.807, 2.05) is 0 Å². The van der Waals surface area contributed by atoms with Gasteiger partial charge in [0.2, 0.25) is 5.91 Å². The van der Waals surface area contributed by atoms with E-state index < -0.39 is 11.5 Å². The van der Waals surface area contributed by atoms with E-state index in [2.05, 4.69) is 0 Å². The fourth-order valence-corrected chi connectivity index (χ4v) is 3.42. The first kappa shape index (κ1) is 13.7. The lowest BCUT2D eigenvalue weighted by molar-refractivity contribution is -0.146. The summed E-state index contributed by atoms with van der Waals surface area (Å²) in [4.78, 5) is 14.6. The average Bonchev–Trinajstić information content (AvgIpc) is 2.26. The second kappa shape index (κ2) is 5.13. The summed E-state index contributed by atoms with van der Waals surface area (Å²) in [5, 5.41) is 10.0. The molecule has 0 aliphatic heterocycles. The van der Waals surface area contributed by atoms with E-state index in [1.165, 1.54) is 0 Å². The first-order valence-electron chi connectivity index (χ1n) is 6.74. The highest BCUT2D eigenvalue weighted by molar-refractivity contribution is 7.80. The van der Waals surface area contributed by atoms with Crippen molar-refractivity contribution in [3.05, 3.63) is 0 Å². The summed E-state index contributed by atoms with van der Waals surface area (Å²) in [7, 11) is 1.78. The molecule has 2 saturated carbocycles. The first-order chi connectivity index (χ1) is 8.49. The summed E-state index contributed by atoms with van der Waals surface area (Å²) in [6, 6.07) is -0.0712. The second-order valence-electron chi connectivity index (χ2n) is 5.64. The van der Waals surface area contributed by atoms with Gasteiger partial charge in [-0.15, -0.1) is 0 Å². The van der Waals surface area contributed by atoms with Gasteiger partial charge in [0, 0.05) is 7.05 Å². The van der Waals surface area contributed by atoms with Crippen LogP contribution in [0, 0.1) is 5.41 Å². The Kier molecular flexibility index (Phi) is 3.92. The van der Waals surface area contributed by atoms with Gasteiger partial charge in [-0.05, 0) is 25.7 Å².